The SMILES string of the molecule is CCNC(=NCc1cc(OC)c(OC)cc1OC)N(C)CC1CCOC1.I. The topological polar surface area (TPSA) is 64.6 Å². The minimum absolute atomic E-state index is 0. The van der Waals surface area contributed by atoms with Crippen LogP contribution >= 0.6 is 24.0 Å². The Balaban J connectivity index is 0.00000364. The van der Waals surface area contributed by atoms with Gasteiger partial charge in [0.15, 0.2) is 17.5 Å². The van der Waals surface area contributed by atoms with E-state index in [2.05, 4.69) is 24.2 Å². The highest BCUT2D eigenvalue weighted by molar-refractivity contribution is 14.0. The number of hydrogen-bond donors (Lipinski definition) is 1. The molecule has 0 aromatic heterocycles. The second-order valence-corrected chi connectivity index (χ2v) is 6.30. The van der Waals surface area contributed by atoms with Gasteiger partial charge in [-0.15, -0.1) is 24.0 Å². The van der Waals surface area contributed by atoms with Gasteiger partial charge in [0.2, 0.25) is 0 Å². The summed E-state index contributed by atoms with van der Waals surface area (Å²) in [5.41, 5.74) is 0.943. The summed E-state index contributed by atoms with van der Waals surface area (Å²) in [6.07, 6.45) is 1.10. The third-order valence-electron chi connectivity index (χ3n) is 4.44. The Morgan fingerprint density at radius 2 is 1.85 bits per heavy atom. The van der Waals surface area contributed by atoms with Gasteiger partial charge in [-0.2, -0.15) is 0 Å². The summed E-state index contributed by atoms with van der Waals surface area (Å²) in [5, 5.41) is 3.35. The van der Waals surface area contributed by atoms with Crippen molar-refractivity contribution < 1.29 is 18.9 Å². The average molecular weight is 493 g/mol. The molecule has 1 saturated heterocycles. The number of guanidine groups is 1. The third-order valence-corrected chi connectivity index (χ3v) is 4.44. The van der Waals surface area contributed by atoms with Crippen LogP contribution in [0.3, 0.4) is 0 Å². The van der Waals surface area contributed by atoms with E-state index in [1.54, 1.807) is 21.3 Å². The normalized spacial score (nSPS) is 16.5. The molecule has 7 nitrogen and oxygen atoms in total. The van der Waals surface area contributed by atoms with Crippen LogP contribution in [0.15, 0.2) is 17.1 Å². The second-order valence-electron chi connectivity index (χ2n) is 6.30. The van der Waals surface area contributed by atoms with Crippen molar-refractivity contribution >= 4 is 29.9 Å². The smallest absolute Gasteiger partial charge is 0.193 e. The zero-order valence-corrected chi connectivity index (χ0v) is 19.2. The molecule has 1 aromatic carbocycles. The van der Waals surface area contributed by atoms with Gasteiger partial charge in [-0.25, -0.2) is 4.99 Å². The van der Waals surface area contributed by atoms with E-state index in [1.165, 1.54) is 0 Å². The number of aliphatic imine (C=N–C) groups is 1. The highest BCUT2D eigenvalue weighted by Gasteiger charge is 2.19. The molecule has 0 saturated carbocycles. The van der Waals surface area contributed by atoms with E-state index < -0.39 is 0 Å². The van der Waals surface area contributed by atoms with Crippen LogP contribution in [-0.2, 0) is 11.3 Å². The predicted molar refractivity (Wildman–Crippen MR) is 118 cm³/mol. The fourth-order valence-corrected chi connectivity index (χ4v) is 3.05. The second kappa shape index (κ2) is 12.1. The summed E-state index contributed by atoms with van der Waals surface area (Å²) in [5.74, 6) is 3.46. The zero-order chi connectivity index (χ0) is 18.9. The lowest BCUT2D eigenvalue weighted by molar-refractivity contribution is 0.181. The first kappa shape index (κ1) is 23.6. The lowest BCUT2D eigenvalue weighted by Crippen LogP contribution is -2.41. The lowest BCUT2D eigenvalue weighted by Gasteiger charge is -2.24. The van der Waals surface area contributed by atoms with E-state index in [4.69, 9.17) is 23.9 Å². The van der Waals surface area contributed by atoms with Gasteiger partial charge in [0.1, 0.15) is 5.75 Å². The number of ether oxygens (including phenoxy) is 4. The number of methoxy groups -OCH3 is 3. The number of rotatable bonds is 8. The molecule has 1 unspecified atom stereocenters. The minimum atomic E-state index is 0. The lowest BCUT2D eigenvalue weighted by atomic mass is 10.1. The van der Waals surface area contributed by atoms with Gasteiger partial charge in [-0.1, -0.05) is 0 Å². The fraction of sp³-hybridized carbons (Fsp3) is 0.632. The number of benzene rings is 1. The van der Waals surface area contributed by atoms with Crippen LogP contribution < -0.4 is 19.5 Å². The first-order valence-corrected chi connectivity index (χ1v) is 8.99. The van der Waals surface area contributed by atoms with Crippen LogP contribution in [0.1, 0.15) is 18.9 Å². The Hall–Kier alpha value is -1.42. The number of hydrogen-bond acceptors (Lipinski definition) is 5. The first-order valence-electron chi connectivity index (χ1n) is 8.99. The van der Waals surface area contributed by atoms with Crippen molar-refractivity contribution in [2.75, 3.05) is 54.7 Å². The quantitative estimate of drug-likeness (QED) is 0.342. The summed E-state index contributed by atoms with van der Waals surface area (Å²) in [7, 11) is 6.94. The average Bonchev–Trinajstić information content (AvgIpc) is 3.17. The van der Waals surface area contributed by atoms with Crippen molar-refractivity contribution in [2.24, 2.45) is 10.9 Å². The van der Waals surface area contributed by atoms with Crippen LogP contribution in [0.4, 0.5) is 0 Å². The Labute approximate surface area is 179 Å². The van der Waals surface area contributed by atoms with Crippen molar-refractivity contribution in [1.29, 1.82) is 0 Å². The molecule has 0 bridgehead atoms. The molecule has 2 rings (SSSR count). The summed E-state index contributed by atoms with van der Waals surface area (Å²) >= 11 is 0. The van der Waals surface area contributed by atoms with E-state index in [-0.39, 0.29) is 24.0 Å². The third kappa shape index (κ3) is 6.60. The molecule has 1 aliphatic heterocycles. The number of halogens is 1. The summed E-state index contributed by atoms with van der Waals surface area (Å²) < 4.78 is 21.7. The standard InChI is InChI=1S/C19H31N3O4.HI/c1-6-20-19(22(2)12-14-7-8-26-13-14)21-11-15-9-17(24-4)18(25-5)10-16(15)23-3;/h9-10,14H,6-8,11-13H2,1-5H3,(H,20,21);1H. The molecule has 1 aliphatic rings. The van der Waals surface area contributed by atoms with Gasteiger partial charge in [-0.05, 0) is 19.4 Å². The maximum atomic E-state index is 5.49. The van der Waals surface area contributed by atoms with E-state index in [1.807, 2.05) is 12.1 Å². The van der Waals surface area contributed by atoms with Crippen LogP contribution in [0.5, 0.6) is 17.2 Å². The first-order chi connectivity index (χ1) is 12.6. The van der Waals surface area contributed by atoms with Gasteiger partial charge in [0, 0.05) is 44.3 Å². The minimum Gasteiger partial charge on any atom is -0.496 e. The predicted octanol–water partition coefficient (Wildman–Crippen LogP) is 2.76. The van der Waals surface area contributed by atoms with Crippen molar-refractivity contribution in [3.8, 4) is 17.2 Å². The maximum Gasteiger partial charge on any atom is 0.193 e. The van der Waals surface area contributed by atoms with Crippen LogP contribution in [0.2, 0.25) is 0 Å². The fourth-order valence-electron chi connectivity index (χ4n) is 3.05. The highest BCUT2D eigenvalue weighted by atomic mass is 127. The van der Waals surface area contributed by atoms with Gasteiger partial charge in [-0.3, -0.25) is 0 Å². The molecule has 1 aromatic rings. The van der Waals surface area contributed by atoms with Crippen molar-refractivity contribution in [2.45, 2.75) is 19.9 Å². The van der Waals surface area contributed by atoms with E-state index in [0.29, 0.717) is 24.0 Å². The Morgan fingerprint density at radius 3 is 2.41 bits per heavy atom. The molecule has 154 valence electrons. The zero-order valence-electron chi connectivity index (χ0n) is 16.9. The van der Waals surface area contributed by atoms with E-state index in [9.17, 15) is 0 Å². The molecule has 0 spiro atoms. The molecule has 0 radical (unpaired) electrons. The van der Waals surface area contributed by atoms with Crippen molar-refractivity contribution in [3.05, 3.63) is 17.7 Å². The summed E-state index contributed by atoms with van der Waals surface area (Å²) in [6, 6.07) is 3.74. The van der Waals surface area contributed by atoms with Gasteiger partial charge >= 0.3 is 0 Å². The molecule has 1 heterocycles. The van der Waals surface area contributed by atoms with Crippen molar-refractivity contribution in [3.63, 3.8) is 0 Å². The molecule has 1 atom stereocenters. The van der Waals surface area contributed by atoms with Crippen LogP contribution in [0, 0.1) is 5.92 Å². The van der Waals surface area contributed by atoms with Crippen LogP contribution in [-0.4, -0.2) is 65.5 Å². The monoisotopic (exact) mass is 493 g/mol. The van der Waals surface area contributed by atoms with Gasteiger partial charge in [0.05, 0.1) is 34.5 Å². The molecule has 8 heteroatoms. The van der Waals surface area contributed by atoms with Crippen molar-refractivity contribution in [1.82, 2.24) is 10.2 Å². The molecular weight excluding hydrogens is 461 g/mol. The molecule has 0 aliphatic carbocycles. The molecule has 0 amide bonds. The number of nitrogens with zero attached hydrogens (tertiary/aromatic N) is 2. The van der Waals surface area contributed by atoms with E-state index >= 15 is 0 Å². The Morgan fingerprint density at radius 1 is 1.19 bits per heavy atom. The number of nitrogens with one attached hydrogen (secondary N) is 1. The molecule has 27 heavy (non-hydrogen) atoms. The van der Waals surface area contributed by atoms with E-state index in [0.717, 1.165) is 50.0 Å². The Kier molecular flexibility index (Phi) is 10.6. The summed E-state index contributed by atoms with van der Waals surface area (Å²) in [6.45, 7) is 5.97. The largest absolute Gasteiger partial charge is 0.496 e. The van der Waals surface area contributed by atoms with Gasteiger partial charge in [0.25, 0.3) is 0 Å². The van der Waals surface area contributed by atoms with Gasteiger partial charge < -0.3 is 29.2 Å². The Bertz CT molecular complexity index is 607. The molecule has 1 N–H and O–H groups in total. The molecular formula is C19H32IN3O4. The summed E-state index contributed by atoms with van der Waals surface area (Å²) in [4.78, 5) is 6.94. The van der Waals surface area contributed by atoms with Crippen LogP contribution in [0.25, 0.3) is 0 Å². The molecule has 1 fully saturated rings. The maximum absolute atomic E-state index is 5.49. The highest BCUT2D eigenvalue weighted by Crippen LogP contribution is 2.34.